The number of carbonyl (C=O) groups excluding carboxylic acids is 3. The van der Waals surface area contributed by atoms with Crippen LogP contribution in [0.15, 0.2) is 84.9 Å². The third kappa shape index (κ3) is 4.69. The van der Waals surface area contributed by atoms with Crippen molar-refractivity contribution in [3.8, 4) is 0 Å². The predicted molar refractivity (Wildman–Crippen MR) is 126 cm³/mol. The Kier molecular flexibility index (Phi) is 6.72. The van der Waals surface area contributed by atoms with Gasteiger partial charge in [0.05, 0.1) is 0 Å². The molecule has 4 rings (SSSR count). The van der Waals surface area contributed by atoms with E-state index in [-0.39, 0.29) is 18.9 Å². The van der Waals surface area contributed by atoms with E-state index in [1.807, 2.05) is 60.7 Å². The summed E-state index contributed by atoms with van der Waals surface area (Å²) in [5, 5.41) is 2.74. The Morgan fingerprint density at radius 3 is 1.91 bits per heavy atom. The van der Waals surface area contributed by atoms with Crippen molar-refractivity contribution in [1.29, 1.82) is 0 Å². The van der Waals surface area contributed by atoms with E-state index < -0.39 is 23.3 Å². The minimum Gasteiger partial charge on any atom is -0.332 e. The van der Waals surface area contributed by atoms with Crippen molar-refractivity contribution in [3.05, 3.63) is 107 Å². The molecule has 174 valence electrons. The van der Waals surface area contributed by atoms with E-state index >= 15 is 0 Å². The van der Waals surface area contributed by atoms with Crippen LogP contribution in [0.5, 0.6) is 0 Å². The van der Waals surface area contributed by atoms with Crippen LogP contribution in [0.1, 0.15) is 30.0 Å². The molecule has 0 aromatic heterocycles. The Morgan fingerprint density at radius 2 is 1.41 bits per heavy atom. The van der Waals surface area contributed by atoms with Gasteiger partial charge < -0.3 is 10.2 Å². The summed E-state index contributed by atoms with van der Waals surface area (Å²) < 4.78 is 13.4. The summed E-state index contributed by atoms with van der Waals surface area (Å²) in [5.41, 5.74) is 1.04. The Bertz CT molecular complexity index is 1130. The van der Waals surface area contributed by atoms with Gasteiger partial charge in [0.15, 0.2) is 0 Å². The zero-order valence-electron chi connectivity index (χ0n) is 18.9. The average molecular weight is 460 g/mol. The molecule has 0 saturated carbocycles. The third-order valence-corrected chi connectivity index (χ3v) is 6.12. The van der Waals surface area contributed by atoms with E-state index in [1.165, 1.54) is 24.3 Å². The lowest BCUT2D eigenvalue weighted by Gasteiger charge is -2.27. The fourth-order valence-corrected chi connectivity index (χ4v) is 4.22. The van der Waals surface area contributed by atoms with Gasteiger partial charge in [0.2, 0.25) is 5.91 Å². The summed E-state index contributed by atoms with van der Waals surface area (Å²) in [6.45, 7) is 2.07. The maximum atomic E-state index is 13.4. The third-order valence-electron chi connectivity index (χ3n) is 6.12. The number of urea groups is 1. The number of hydrogen-bond acceptors (Lipinski definition) is 3. The van der Waals surface area contributed by atoms with Crippen LogP contribution >= 0.6 is 0 Å². The minimum absolute atomic E-state index is 0.269. The number of nitrogens with zero attached hydrogens (tertiary/aromatic N) is 2. The first-order valence-electron chi connectivity index (χ1n) is 11.2. The molecule has 1 N–H and O–H groups in total. The Labute approximate surface area is 198 Å². The second-order valence-electron chi connectivity index (χ2n) is 8.31. The highest BCUT2D eigenvalue weighted by molar-refractivity contribution is 6.09. The summed E-state index contributed by atoms with van der Waals surface area (Å²) in [6.07, 6.45) is 0.269. The maximum Gasteiger partial charge on any atom is 0.325 e. The molecule has 1 aliphatic rings. The van der Waals surface area contributed by atoms with Gasteiger partial charge in [-0.05, 0) is 35.2 Å². The van der Waals surface area contributed by atoms with E-state index in [1.54, 1.807) is 11.8 Å². The first kappa shape index (κ1) is 23.2. The summed E-state index contributed by atoms with van der Waals surface area (Å²) in [7, 11) is 0. The van der Waals surface area contributed by atoms with Crippen LogP contribution in [0.4, 0.5) is 9.18 Å². The lowest BCUT2D eigenvalue weighted by Crippen LogP contribution is -2.45. The van der Waals surface area contributed by atoms with Gasteiger partial charge in [0.1, 0.15) is 17.9 Å². The van der Waals surface area contributed by atoms with E-state index in [9.17, 15) is 18.8 Å². The fraction of sp³-hybridized carbons (Fsp3) is 0.222. The zero-order valence-corrected chi connectivity index (χ0v) is 18.9. The molecule has 0 aliphatic carbocycles. The van der Waals surface area contributed by atoms with Gasteiger partial charge in [0, 0.05) is 13.1 Å². The Hall–Kier alpha value is -4.00. The number of hydrogen-bond donors (Lipinski definition) is 1. The largest absolute Gasteiger partial charge is 0.332 e. The normalized spacial score (nSPS) is 17.5. The van der Waals surface area contributed by atoms with Crippen LogP contribution in [0, 0.1) is 5.82 Å². The minimum atomic E-state index is -1.32. The van der Waals surface area contributed by atoms with Gasteiger partial charge in [-0.3, -0.25) is 14.5 Å². The maximum absolute atomic E-state index is 13.4. The van der Waals surface area contributed by atoms with E-state index in [2.05, 4.69) is 5.32 Å². The molecule has 34 heavy (non-hydrogen) atoms. The Balaban J connectivity index is 1.57. The summed E-state index contributed by atoms with van der Waals surface area (Å²) in [4.78, 5) is 42.2. The van der Waals surface area contributed by atoms with Crippen LogP contribution in [-0.2, 0) is 28.2 Å². The van der Waals surface area contributed by atoms with Crippen molar-refractivity contribution in [3.63, 3.8) is 0 Å². The molecule has 1 fully saturated rings. The topological polar surface area (TPSA) is 69.7 Å². The highest BCUT2D eigenvalue weighted by atomic mass is 19.1. The van der Waals surface area contributed by atoms with Crippen LogP contribution in [0.25, 0.3) is 0 Å². The van der Waals surface area contributed by atoms with Gasteiger partial charge in [-0.15, -0.1) is 0 Å². The van der Waals surface area contributed by atoms with Crippen LogP contribution in [0.3, 0.4) is 0 Å². The second kappa shape index (κ2) is 9.87. The smallest absolute Gasteiger partial charge is 0.325 e. The van der Waals surface area contributed by atoms with E-state index in [0.29, 0.717) is 18.7 Å². The molecule has 0 spiro atoms. The molecule has 0 bridgehead atoms. The molecule has 1 unspecified atom stereocenters. The number of imide groups is 1. The summed E-state index contributed by atoms with van der Waals surface area (Å²) in [5.74, 6) is -1.29. The van der Waals surface area contributed by atoms with E-state index in [0.717, 1.165) is 16.0 Å². The molecule has 3 aromatic carbocycles. The number of nitrogens with one attached hydrogen (secondary N) is 1. The molecular weight excluding hydrogens is 433 g/mol. The van der Waals surface area contributed by atoms with Crippen molar-refractivity contribution in [2.75, 3.05) is 6.54 Å². The van der Waals surface area contributed by atoms with Crippen molar-refractivity contribution in [2.24, 2.45) is 0 Å². The quantitative estimate of drug-likeness (QED) is 0.513. The predicted octanol–water partition coefficient (Wildman–Crippen LogP) is 4.21. The molecule has 1 atom stereocenters. The number of rotatable bonds is 8. The number of benzene rings is 3. The molecule has 3 aromatic rings. The lowest BCUT2D eigenvalue weighted by atomic mass is 9.87. The zero-order chi connectivity index (χ0) is 24.1. The average Bonchev–Trinajstić information content (AvgIpc) is 3.10. The van der Waals surface area contributed by atoms with Gasteiger partial charge >= 0.3 is 6.03 Å². The first-order valence-corrected chi connectivity index (χ1v) is 11.2. The molecule has 6 nitrogen and oxygen atoms in total. The van der Waals surface area contributed by atoms with Gasteiger partial charge in [-0.1, -0.05) is 79.7 Å². The first-order chi connectivity index (χ1) is 16.4. The van der Waals surface area contributed by atoms with Gasteiger partial charge in [-0.25, -0.2) is 9.18 Å². The fourth-order valence-electron chi connectivity index (χ4n) is 4.22. The number of amides is 4. The van der Waals surface area contributed by atoms with E-state index in [4.69, 9.17) is 0 Å². The SMILES string of the molecule is CCC1(c2ccc(F)cc2)NC(=O)N(CC(=O)N(Cc2ccccc2)Cc2ccccc2)C1=O. The van der Waals surface area contributed by atoms with Crippen molar-refractivity contribution in [2.45, 2.75) is 32.0 Å². The van der Waals surface area contributed by atoms with Crippen molar-refractivity contribution in [1.82, 2.24) is 15.1 Å². The van der Waals surface area contributed by atoms with Crippen LogP contribution < -0.4 is 5.32 Å². The molecule has 1 aliphatic heterocycles. The number of carbonyl (C=O) groups is 3. The molecule has 1 saturated heterocycles. The highest BCUT2D eigenvalue weighted by Gasteiger charge is 2.51. The van der Waals surface area contributed by atoms with Crippen molar-refractivity contribution >= 4 is 17.8 Å². The highest BCUT2D eigenvalue weighted by Crippen LogP contribution is 2.32. The number of halogens is 1. The molecule has 0 radical (unpaired) electrons. The lowest BCUT2D eigenvalue weighted by molar-refractivity contribution is -0.140. The Morgan fingerprint density at radius 1 is 0.882 bits per heavy atom. The monoisotopic (exact) mass is 459 g/mol. The molecule has 1 heterocycles. The molecule has 4 amide bonds. The summed E-state index contributed by atoms with van der Waals surface area (Å²) in [6, 6.07) is 23.9. The van der Waals surface area contributed by atoms with Crippen molar-refractivity contribution < 1.29 is 18.8 Å². The standard InChI is InChI=1S/C27H26FN3O3/c1-2-27(22-13-15-23(28)16-14-22)25(33)31(26(34)29-27)19-24(32)30(17-20-9-5-3-6-10-20)18-21-11-7-4-8-12-21/h3-16H,2,17-19H2,1H3,(H,29,34). The van der Waals surface area contributed by atoms with Crippen LogP contribution in [-0.4, -0.2) is 34.2 Å². The van der Waals surface area contributed by atoms with Gasteiger partial charge in [0.25, 0.3) is 5.91 Å². The molecular formula is C27H26FN3O3. The summed E-state index contributed by atoms with van der Waals surface area (Å²) >= 11 is 0. The second-order valence-corrected chi connectivity index (χ2v) is 8.31. The van der Waals surface area contributed by atoms with Gasteiger partial charge in [-0.2, -0.15) is 0 Å². The molecule has 7 heteroatoms. The van der Waals surface area contributed by atoms with Crippen LogP contribution in [0.2, 0.25) is 0 Å².